The van der Waals surface area contributed by atoms with Gasteiger partial charge in [-0.15, -0.1) is 0 Å². The molecule has 2 amide bonds. The van der Waals surface area contributed by atoms with Gasteiger partial charge in [-0.3, -0.25) is 9.59 Å². The fourth-order valence-corrected chi connectivity index (χ4v) is 3.32. The molecule has 1 saturated carbocycles. The van der Waals surface area contributed by atoms with Crippen LogP contribution in [0, 0.1) is 5.92 Å². The molecule has 1 N–H and O–H groups in total. The number of nitrogens with zero attached hydrogens (tertiary/aromatic N) is 1. The minimum absolute atomic E-state index is 0.112. The minimum Gasteiger partial charge on any atom is -0.381 e. The summed E-state index contributed by atoms with van der Waals surface area (Å²) in [5.41, 5.74) is 0.973. The van der Waals surface area contributed by atoms with Gasteiger partial charge in [0.2, 0.25) is 11.8 Å². The zero-order valence-corrected chi connectivity index (χ0v) is 14.2. The Hall–Kier alpha value is -1.88. The van der Waals surface area contributed by atoms with Crippen molar-refractivity contribution in [3.8, 4) is 0 Å². The van der Waals surface area contributed by atoms with E-state index in [0.717, 1.165) is 44.6 Å². The Morgan fingerprint density at radius 1 is 1.25 bits per heavy atom. The lowest BCUT2D eigenvalue weighted by Crippen LogP contribution is -2.40. The zero-order valence-electron chi connectivity index (χ0n) is 14.2. The van der Waals surface area contributed by atoms with Crippen molar-refractivity contribution in [2.75, 3.05) is 19.8 Å². The molecule has 1 aromatic carbocycles. The molecule has 2 unspecified atom stereocenters. The Morgan fingerprint density at radius 3 is 2.58 bits per heavy atom. The van der Waals surface area contributed by atoms with Crippen LogP contribution in [0.4, 0.5) is 0 Å². The number of benzene rings is 1. The van der Waals surface area contributed by atoms with Gasteiger partial charge < -0.3 is 15.0 Å². The van der Waals surface area contributed by atoms with Crippen molar-refractivity contribution >= 4 is 11.8 Å². The zero-order chi connectivity index (χ0) is 16.9. The third-order valence-electron chi connectivity index (χ3n) is 4.75. The van der Waals surface area contributed by atoms with E-state index in [0.29, 0.717) is 18.4 Å². The van der Waals surface area contributed by atoms with Gasteiger partial charge >= 0.3 is 0 Å². The van der Waals surface area contributed by atoms with E-state index in [1.54, 1.807) is 0 Å². The summed E-state index contributed by atoms with van der Waals surface area (Å²) in [4.78, 5) is 26.5. The second-order valence-corrected chi connectivity index (χ2v) is 6.87. The molecule has 2 aliphatic rings. The van der Waals surface area contributed by atoms with Crippen LogP contribution < -0.4 is 5.32 Å². The van der Waals surface area contributed by atoms with Crippen molar-refractivity contribution in [3.63, 3.8) is 0 Å². The van der Waals surface area contributed by atoms with Gasteiger partial charge in [0, 0.05) is 32.0 Å². The molecule has 1 heterocycles. The lowest BCUT2D eigenvalue weighted by molar-refractivity contribution is -0.133. The fourth-order valence-electron chi connectivity index (χ4n) is 3.32. The SMILES string of the molecule is CC(=O)NC(CC(=O)N(CC1CCOC1)C1CC1)c1ccccc1. The van der Waals surface area contributed by atoms with Crippen molar-refractivity contribution in [1.82, 2.24) is 10.2 Å². The number of nitrogens with one attached hydrogen (secondary N) is 1. The van der Waals surface area contributed by atoms with Crippen LogP contribution in [0.5, 0.6) is 0 Å². The average Bonchev–Trinajstić information content (AvgIpc) is 3.28. The van der Waals surface area contributed by atoms with Gasteiger partial charge in [0.15, 0.2) is 0 Å². The fraction of sp³-hybridized carbons (Fsp3) is 0.579. The van der Waals surface area contributed by atoms with Crippen LogP contribution in [-0.4, -0.2) is 42.5 Å². The van der Waals surface area contributed by atoms with Crippen molar-refractivity contribution in [3.05, 3.63) is 35.9 Å². The maximum Gasteiger partial charge on any atom is 0.225 e. The summed E-state index contributed by atoms with van der Waals surface area (Å²) in [6.45, 7) is 3.83. The van der Waals surface area contributed by atoms with Crippen LogP contribution >= 0.6 is 0 Å². The molecule has 1 aliphatic heterocycles. The van der Waals surface area contributed by atoms with E-state index >= 15 is 0 Å². The van der Waals surface area contributed by atoms with Gasteiger partial charge in [0.05, 0.1) is 19.1 Å². The van der Waals surface area contributed by atoms with E-state index in [4.69, 9.17) is 4.74 Å². The number of rotatable bonds is 7. The molecular weight excluding hydrogens is 304 g/mol. The molecule has 1 aliphatic carbocycles. The summed E-state index contributed by atoms with van der Waals surface area (Å²) in [5, 5.41) is 2.92. The highest BCUT2D eigenvalue weighted by Gasteiger charge is 2.35. The maximum atomic E-state index is 12.9. The monoisotopic (exact) mass is 330 g/mol. The second-order valence-electron chi connectivity index (χ2n) is 6.87. The van der Waals surface area contributed by atoms with E-state index in [2.05, 4.69) is 5.32 Å². The Labute approximate surface area is 143 Å². The number of carbonyl (C=O) groups is 2. The van der Waals surface area contributed by atoms with Crippen molar-refractivity contribution in [2.24, 2.45) is 5.92 Å². The largest absolute Gasteiger partial charge is 0.381 e. The Kier molecular flexibility index (Phi) is 5.51. The van der Waals surface area contributed by atoms with Crippen LogP contribution in [0.3, 0.4) is 0 Å². The summed E-state index contributed by atoms with van der Waals surface area (Å²) in [6, 6.07) is 9.84. The van der Waals surface area contributed by atoms with Crippen LogP contribution in [0.2, 0.25) is 0 Å². The smallest absolute Gasteiger partial charge is 0.225 e. The first kappa shape index (κ1) is 17.0. The number of amides is 2. The van der Waals surface area contributed by atoms with Crippen LogP contribution in [-0.2, 0) is 14.3 Å². The summed E-state index contributed by atoms with van der Waals surface area (Å²) in [6.07, 6.45) is 3.53. The molecule has 0 aromatic heterocycles. The molecule has 24 heavy (non-hydrogen) atoms. The predicted octanol–water partition coefficient (Wildman–Crippen LogP) is 2.28. The molecule has 5 heteroatoms. The minimum atomic E-state index is -0.266. The van der Waals surface area contributed by atoms with E-state index in [1.165, 1.54) is 6.92 Å². The molecular formula is C19H26N2O3. The molecule has 2 fully saturated rings. The average molecular weight is 330 g/mol. The van der Waals surface area contributed by atoms with Crippen LogP contribution in [0.15, 0.2) is 30.3 Å². The lowest BCUT2D eigenvalue weighted by atomic mass is 10.0. The quantitative estimate of drug-likeness (QED) is 0.834. The highest BCUT2D eigenvalue weighted by molar-refractivity contribution is 5.79. The summed E-state index contributed by atoms with van der Waals surface area (Å²) in [5.74, 6) is 0.469. The van der Waals surface area contributed by atoms with Crippen molar-refractivity contribution < 1.29 is 14.3 Å². The first-order valence-electron chi connectivity index (χ1n) is 8.82. The maximum absolute atomic E-state index is 12.9. The van der Waals surface area contributed by atoms with E-state index in [9.17, 15) is 9.59 Å². The lowest BCUT2D eigenvalue weighted by Gasteiger charge is -2.27. The molecule has 130 valence electrons. The van der Waals surface area contributed by atoms with Crippen molar-refractivity contribution in [1.29, 1.82) is 0 Å². The summed E-state index contributed by atoms with van der Waals surface area (Å²) < 4.78 is 5.45. The highest BCUT2D eigenvalue weighted by atomic mass is 16.5. The molecule has 2 atom stereocenters. The summed E-state index contributed by atoms with van der Waals surface area (Å²) in [7, 11) is 0. The van der Waals surface area contributed by atoms with E-state index in [-0.39, 0.29) is 17.9 Å². The van der Waals surface area contributed by atoms with Crippen LogP contribution in [0.25, 0.3) is 0 Å². The second kappa shape index (κ2) is 7.79. The standard InChI is InChI=1S/C19H26N2O3/c1-14(22)20-18(16-5-3-2-4-6-16)11-19(23)21(17-7-8-17)12-15-9-10-24-13-15/h2-6,15,17-18H,7-13H2,1H3,(H,20,22). The number of hydrogen-bond donors (Lipinski definition) is 1. The van der Waals surface area contributed by atoms with Gasteiger partial charge in [-0.1, -0.05) is 30.3 Å². The highest BCUT2D eigenvalue weighted by Crippen LogP contribution is 2.31. The first-order chi connectivity index (χ1) is 11.6. The molecule has 0 spiro atoms. The van der Waals surface area contributed by atoms with Gasteiger partial charge in [0.1, 0.15) is 0 Å². The molecule has 0 bridgehead atoms. The number of ether oxygens (including phenoxy) is 1. The Morgan fingerprint density at radius 2 is 2.00 bits per heavy atom. The molecule has 0 radical (unpaired) electrons. The summed E-state index contributed by atoms with van der Waals surface area (Å²) >= 11 is 0. The van der Waals surface area contributed by atoms with Gasteiger partial charge in [-0.25, -0.2) is 0 Å². The Bertz CT molecular complexity index is 565. The third kappa shape index (κ3) is 4.57. The molecule has 3 rings (SSSR count). The van der Waals surface area contributed by atoms with Crippen LogP contribution in [0.1, 0.15) is 44.2 Å². The molecule has 1 saturated heterocycles. The topological polar surface area (TPSA) is 58.6 Å². The molecule has 5 nitrogen and oxygen atoms in total. The predicted molar refractivity (Wildman–Crippen MR) is 91.3 cm³/mol. The van der Waals surface area contributed by atoms with Gasteiger partial charge in [-0.05, 0) is 24.8 Å². The first-order valence-corrected chi connectivity index (χ1v) is 8.82. The van der Waals surface area contributed by atoms with Crippen molar-refractivity contribution in [2.45, 2.75) is 44.7 Å². The third-order valence-corrected chi connectivity index (χ3v) is 4.75. The normalized spacial score (nSPS) is 21.3. The van der Waals surface area contributed by atoms with E-state index < -0.39 is 0 Å². The van der Waals surface area contributed by atoms with Gasteiger partial charge in [-0.2, -0.15) is 0 Å². The molecule has 1 aromatic rings. The van der Waals surface area contributed by atoms with Gasteiger partial charge in [0.25, 0.3) is 0 Å². The number of hydrogen-bond acceptors (Lipinski definition) is 3. The van der Waals surface area contributed by atoms with E-state index in [1.807, 2.05) is 35.2 Å². The number of carbonyl (C=O) groups excluding carboxylic acids is 2. The Balaban J connectivity index is 1.67.